The Hall–Kier alpha value is -2.57. The Labute approximate surface area is 116 Å². The minimum atomic E-state index is -0.505. The van der Waals surface area contributed by atoms with Crippen molar-refractivity contribution in [2.24, 2.45) is 0 Å². The van der Waals surface area contributed by atoms with E-state index in [1.54, 1.807) is 13.8 Å². The van der Waals surface area contributed by atoms with Crippen molar-refractivity contribution in [2.75, 3.05) is 19.0 Å². The molecule has 0 spiro atoms. The lowest BCUT2D eigenvalue weighted by Crippen LogP contribution is -2.05. The first-order valence-corrected chi connectivity index (χ1v) is 5.92. The number of nitro benzene ring substituents is 1. The summed E-state index contributed by atoms with van der Waals surface area (Å²) >= 11 is 0. The van der Waals surface area contributed by atoms with E-state index in [1.807, 2.05) is 0 Å². The topological polar surface area (TPSA) is 90.7 Å². The number of carbonyl (C=O) groups is 1. The fourth-order valence-corrected chi connectivity index (χ4v) is 1.52. The molecule has 7 heteroatoms. The predicted molar refractivity (Wildman–Crippen MR) is 73.7 cm³/mol. The Balaban J connectivity index is 2.97. The number of hydrogen-bond donors (Lipinski definition) is 1. The Morgan fingerprint density at radius 3 is 2.75 bits per heavy atom. The molecule has 1 rings (SSSR count). The van der Waals surface area contributed by atoms with Gasteiger partial charge in [-0.1, -0.05) is 0 Å². The average Bonchev–Trinajstić information content (AvgIpc) is 2.38. The molecule has 0 radical (unpaired) electrons. The van der Waals surface area contributed by atoms with Crippen LogP contribution in [-0.2, 0) is 9.53 Å². The van der Waals surface area contributed by atoms with Crippen LogP contribution in [0, 0.1) is 10.1 Å². The van der Waals surface area contributed by atoms with E-state index in [0.29, 0.717) is 17.1 Å². The van der Waals surface area contributed by atoms with Crippen LogP contribution >= 0.6 is 0 Å². The van der Waals surface area contributed by atoms with Gasteiger partial charge in [0.1, 0.15) is 5.75 Å². The van der Waals surface area contributed by atoms with Gasteiger partial charge in [0.05, 0.1) is 24.3 Å². The van der Waals surface area contributed by atoms with Crippen molar-refractivity contribution >= 4 is 17.3 Å². The van der Waals surface area contributed by atoms with Crippen molar-refractivity contribution in [3.05, 3.63) is 40.1 Å². The minimum absolute atomic E-state index is 0.0720. The molecule has 7 nitrogen and oxygen atoms in total. The minimum Gasteiger partial charge on any atom is -0.495 e. The zero-order chi connectivity index (χ0) is 15.1. The Morgan fingerprint density at radius 1 is 1.50 bits per heavy atom. The van der Waals surface area contributed by atoms with Crippen molar-refractivity contribution in [3.8, 4) is 5.75 Å². The lowest BCUT2D eigenvalue weighted by Gasteiger charge is -2.11. The first kappa shape index (κ1) is 15.5. The smallest absolute Gasteiger partial charge is 0.332 e. The van der Waals surface area contributed by atoms with E-state index in [1.165, 1.54) is 31.4 Å². The van der Waals surface area contributed by atoms with Crippen molar-refractivity contribution in [3.63, 3.8) is 0 Å². The predicted octanol–water partition coefficient (Wildman–Crippen LogP) is 2.48. The summed E-state index contributed by atoms with van der Waals surface area (Å²) in [7, 11) is 1.46. The van der Waals surface area contributed by atoms with Crippen LogP contribution in [0.2, 0.25) is 0 Å². The summed E-state index contributed by atoms with van der Waals surface area (Å²) in [4.78, 5) is 21.5. The molecule has 1 aromatic rings. The van der Waals surface area contributed by atoms with Gasteiger partial charge < -0.3 is 14.8 Å². The molecule has 20 heavy (non-hydrogen) atoms. The van der Waals surface area contributed by atoms with Gasteiger partial charge in [-0.3, -0.25) is 10.1 Å². The molecule has 0 aliphatic rings. The molecule has 0 aliphatic carbocycles. The van der Waals surface area contributed by atoms with Gasteiger partial charge in [-0.05, 0) is 19.9 Å². The van der Waals surface area contributed by atoms with E-state index in [4.69, 9.17) is 9.47 Å². The molecule has 0 atom stereocenters. The lowest BCUT2D eigenvalue weighted by atomic mass is 10.2. The number of ether oxygens (including phenoxy) is 2. The third kappa shape index (κ3) is 4.27. The number of hydrogen-bond acceptors (Lipinski definition) is 6. The van der Waals surface area contributed by atoms with Gasteiger partial charge in [0, 0.05) is 23.9 Å². The fourth-order valence-electron chi connectivity index (χ4n) is 1.52. The Bertz CT molecular complexity index is 540. The Morgan fingerprint density at radius 2 is 2.20 bits per heavy atom. The molecule has 0 bridgehead atoms. The highest BCUT2D eigenvalue weighted by atomic mass is 16.6. The number of methoxy groups -OCH3 is 1. The largest absolute Gasteiger partial charge is 0.495 e. The maximum atomic E-state index is 11.3. The van der Waals surface area contributed by atoms with E-state index in [0.717, 1.165) is 0 Å². The number of allylic oxidation sites excluding steroid dienone is 1. The second-order valence-corrected chi connectivity index (χ2v) is 3.85. The van der Waals surface area contributed by atoms with Crippen LogP contribution in [-0.4, -0.2) is 24.6 Å². The first-order chi connectivity index (χ1) is 9.47. The molecule has 0 heterocycles. The molecule has 0 fully saturated rings. The van der Waals surface area contributed by atoms with E-state index >= 15 is 0 Å². The Kier molecular flexibility index (Phi) is 5.52. The second-order valence-electron chi connectivity index (χ2n) is 3.85. The number of nitro groups is 1. The molecule has 0 aliphatic heterocycles. The van der Waals surface area contributed by atoms with E-state index in [-0.39, 0.29) is 12.3 Å². The molecule has 0 saturated heterocycles. The van der Waals surface area contributed by atoms with Crippen LogP contribution in [0.4, 0.5) is 11.4 Å². The maximum Gasteiger partial charge on any atom is 0.332 e. The summed E-state index contributed by atoms with van der Waals surface area (Å²) in [6.07, 6.45) is 1.27. The van der Waals surface area contributed by atoms with Gasteiger partial charge in [-0.15, -0.1) is 0 Å². The summed E-state index contributed by atoms with van der Waals surface area (Å²) in [5.41, 5.74) is 0.819. The highest BCUT2D eigenvalue weighted by Crippen LogP contribution is 2.29. The third-order valence-electron chi connectivity index (χ3n) is 2.35. The normalized spacial score (nSPS) is 10.8. The number of esters is 1. The summed E-state index contributed by atoms with van der Waals surface area (Å²) in [6, 6.07) is 4.16. The number of rotatable bonds is 6. The van der Waals surface area contributed by atoms with Crippen molar-refractivity contribution in [1.82, 2.24) is 0 Å². The van der Waals surface area contributed by atoms with Crippen LogP contribution in [0.25, 0.3) is 0 Å². The van der Waals surface area contributed by atoms with Gasteiger partial charge in [0.15, 0.2) is 0 Å². The summed E-state index contributed by atoms with van der Waals surface area (Å²) in [5.74, 6) is -0.0471. The van der Waals surface area contributed by atoms with Crippen LogP contribution in [0.1, 0.15) is 13.8 Å². The van der Waals surface area contributed by atoms with Crippen LogP contribution in [0.5, 0.6) is 5.75 Å². The van der Waals surface area contributed by atoms with Gasteiger partial charge in [-0.2, -0.15) is 0 Å². The lowest BCUT2D eigenvalue weighted by molar-refractivity contribution is -0.384. The van der Waals surface area contributed by atoms with E-state index < -0.39 is 10.9 Å². The van der Waals surface area contributed by atoms with Crippen molar-refractivity contribution < 1.29 is 19.2 Å². The number of carbonyl (C=O) groups excluding carboxylic acids is 1. The molecule has 1 N–H and O–H groups in total. The highest BCUT2D eigenvalue weighted by Gasteiger charge is 2.11. The molecule has 108 valence electrons. The van der Waals surface area contributed by atoms with Gasteiger partial charge >= 0.3 is 5.97 Å². The molecule has 0 amide bonds. The second kappa shape index (κ2) is 7.13. The molecular formula is C13H16N2O5. The number of benzene rings is 1. The van der Waals surface area contributed by atoms with Crippen LogP contribution < -0.4 is 10.1 Å². The van der Waals surface area contributed by atoms with Gasteiger partial charge in [0.25, 0.3) is 5.69 Å². The zero-order valence-electron chi connectivity index (χ0n) is 11.5. The first-order valence-electron chi connectivity index (χ1n) is 5.92. The quantitative estimate of drug-likeness (QED) is 0.372. The summed E-state index contributed by atoms with van der Waals surface area (Å²) in [6.45, 7) is 3.63. The average molecular weight is 280 g/mol. The molecule has 0 saturated carbocycles. The molecule has 1 aromatic carbocycles. The third-order valence-corrected chi connectivity index (χ3v) is 2.35. The molecule has 0 unspecified atom stereocenters. The molecular weight excluding hydrogens is 264 g/mol. The van der Waals surface area contributed by atoms with Gasteiger partial charge in [-0.25, -0.2) is 4.79 Å². The molecule has 0 aromatic heterocycles. The van der Waals surface area contributed by atoms with E-state index in [2.05, 4.69) is 5.32 Å². The number of non-ortho nitro benzene ring substituents is 1. The van der Waals surface area contributed by atoms with Crippen molar-refractivity contribution in [2.45, 2.75) is 13.8 Å². The number of nitrogens with zero attached hydrogens (tertiary/aromatic N) is 1. The highest BCUT2D eigenvalue weighted by molar-refractivity contribution is 5.83. The maximum absolute atomic E-state index is 11.3. The monoisotopic (exact) mass is 280 g/mol. The summed E-state index contributed by atoms with van der Waals surface area (Å²) in [5, 5.41) is 13.6. The zero-order valence-corrected chi connectivity index (χ0v) is 11.5. The van der Waals surface area contributed by atoms with Crippen LogP contribution in [0.3, 0.4) is 0 Å². The standard InChI is InChI=1S/C13H16N2O5/c1-4-20-13(16)7-9(2)14-11-8-10(15(17)18)5-6-12(11)19-3/h5-8,14H,4H2,1-3H3/b9-7+. The van der Waals surface area contributed by atoms with Crippen LogP contribution in [0.15, 0.2) is 30.0 Å². The number of anilines is 1. The number of nitrogens with one attached hydrogen (secondary N) is 1. The van der Waals surface area contributed by atoms with Crippen molar-refractivity contribution in [1.29, 1.82) is 0 Å². The van der Waals surface area contributed by atoms with Gasteiger partial charge in [0.2, 0.25) is 0 Å². The van der Waals surface area contributed by atoms with E-state index in [9.17, 15) is 14.9 Å². The fraction of sp³-hybridized carbons (Fsp3) is 0.308. The summed E-state index contributed by atoms with van der Waals surface area (Å²) < 4.78 is 9.88. The SMILES string of the molecule is CCOC(=O)/C=C(\C)Nc1cc([N+](=O)[O-])ccc1OC.